The molecule has 3 fully saturated rings. The molecule has 10 rings (SSSR count). The van der Waals surface area contributed by atoms with Crippen LogP contribution >= 0.6 is 0 Å². The van der Waals surface area contributed by atoms with Crippen LogP contribution in [0.4, 0.5) is 30.8 Å². The first-order valence-electron chi connectivity index (χ1n) is 21.4. The zero-order valence-electron chi connectivity index (χ0n) is 35.5. The number of halogens is 3. The molecular formula is C44H49F3N12O4. The van der Waals surface area contributed by atoms with E-state index < -0.39 is 29.6 Å². The molecule has 4 aliphatic heterocycles. The Hall–Kier alpha value is -5.89. The summed E-state index contributed by atoms with van der Waals surface area (Å²) in [5.74, 6) is -0.0852. The zero-order chi connectivity index (χ0) is 43.5. The van der Waals surface area contributed by atoms with Gasteiger partial charge in [-0.25, -0.2) is 27.8 Å². The van der Waals surface area contributed by atoms with Gasteiger partial charge in [0.2, 0.25) is 11.9 Å². The lowest BCUT2D eigenvalue weighted by atomic mass is 10.1. The van der Waals surface area contributed by atoms with E-state index in [4.69, 9.17) is 34.1 Å². The number of hydrogen-bond acceptors (Lipinski definition) is 13. The number of pyridine rings is 1. The lowest BCUT2D eigenvalue weighted by Gasteiger charge is -2.43. The molecule has 0 saturated carbocycles. The van der Waals surface area contributed by atoms with Gasteiger partial charge in [0.15, 0.2) is 11.5 Å². The number of fused-ring (bicyclic) bond motifs is 6. The van der Waals surface area contributed by atoms with Crippen molar-refractivity contribution in [2.75, 3.05) is 88.4 Å². The molecule has 6 aromatic rings. The molecule has 3 saturated heterocycles. The number of morpholine rings is 1. The Morgan fingerprint density at radius 1 is 0.952 bits per heavy atom. The van der Waals surface area contributed by atoms with Gasteiger partial charge in [0.1, 0.15) is 40.8 Å². The normalized spacial score (nSPS) is 22.2. The van der Waals surface area contributed by atoms with Gasteiger partial charge in [-0.3, -0.25) is 9.69 Å². The molecule has 330 valence electrons. The van der Waals surface area contributed by atoms with E-state index in [0.29, 0.717) is 116 Å². The van der Waals surface area contributed by atoms with Crippen molar-refractivity contribution in [3.63, 3.8) is 0 Å². The molecule has 19 heteroatoms. The van der Waals surface area contributed by atoms with Crippen LogP contribution in [0.5, 0.6) is 0 Å². The second-order valence-electron chi connectivity index (χ2n) is 16.8. The Bertz CT molecular complexity index is 2690. The Labute approximate surface area is 361 Å². The quantitative estimate of drug-likeness (QED) is 0.231. The smallest absolute Gasteiger partial charge is 0.245 e. The average Bonchev–Trinajstić information content (AvgIpc) is 3.96. The van der Waals surface area contributed by atoms with Crippen molar-refractivity contribution in [3.05, 3.63) is 78.0 Å². The first-order valence-corrected chi connectivity index (χ1v) is 21.4. The molecule has 1 amide bonds. The van der Waals surface area contributed by atoms with Crippen LogP contribution < -0.4 is 15.1 Å². The minimum Gasteiger partial charge on any atom is -0.378 e. The predicted molar refractivity (Wildman–Crippen MR) is 230 cm³/mol. The number of imidazole rings is 1. The number of likely N-dealkylation sites (N-methyl/N-ethyl adjacent to an activating group) is 2. The van der Waals surface area contributed by atoms with E-state index in [0.717, 1.165) is 18.1 Å². The van der Waals surface area contributed by atoms with Gasteiger partial charge in [0.05, 0.1) is 79.5 Å². The second-order valence-corrected chi connectivity index (χ2v) is 16.8. The van der Waals surface area contributed by atoms with Gasteiger partial charge >= 0.3 is 0 Å². The average molecular weight is 867 g/mol. The van der Waals surface area contributed by atoms with Crippen molar-refractivity contribution in [1.29, 1.82) is 0 Å². The van der Waals surface area contributed by atoms with Crippen LogP contribution in [0.3, 0.4) is 0 Å². The number of amides is 1. The van der Waals surface area contributed by atoms with Crippen molar-refractivity contribution < 1.29 is 32.2 Å². The van der Waals surface area contributed by atoms with E-state index in [-0.39, 0.29) is 30.2 Å². The molecule has 16 nitrogen and oxygen atoms in total. The molecule has 8 heterocycles. The fourth-order valence-electron chi connectivity index (χ4n) is 9.48. The molecule has 0 spiro atoms. The highest BCUT2D eigenvalue weighted by Gasteiger charge is 2.42. The molecule has 2 aromatic carbocycles. The number of aryl methyl sites for hydroxylation is 1. The maximum absolute atomic E-state index is 15.6. The second kappa shape index (κ2) is 16.7. The lowest BCUT2D eigenvalue weighted by Crippen LogP contribution is -2.57. The van der Waals surface area contributed by atoms with Crippen LogP contribution in [-0.2, 0) is 25.5 Å². The monoisotopic (exact) mass is 866 g/mol. The molecule has 4 aromatic heterocycles. The molecule has 4 bridgehead atoms. The van der Waals surface area contributed by atoms with E-state index in [2.05, 4.69) is 27.1 Å². The maximum Gasteiger partial charge on any atom is 0.245 e. The fourth-order valence-corrected chi connectivity index (χ4v) is 9.48. The van der Waals surface area contributed by atoms with Crippen LogP contribution in [0.15, 0.2) is 54.7 Å². The third kappa shape index (κ3) is 7.59. The number of hydrogen-bond donors (Lipinski definition) is 1. The summed E-state index contributed by atoms with van der Waals surface area (Å²) in [4.78, 5) is 43.2. The molecule has 1 N–H and O–H groups in total. The van der Waals surface area contributed by atoms with Crippen molar-refractivity contribution in [2.45, 2.75) is 57.1 Å². The van der Waals surface area contributed by atoms with Crippen LogP contribution in [0.1, 0.15) is 19.2 Å². The number of benzene rings is 2. The SMILES string of the molecule is CCN(CC1COCCN1c1nc(N2C[C@@H]3C[C@H]2C(=O)N(C)C[C@H](OC)Cn2c(C)nc4cc(F)cc(c42)-c2cccc(n2)N3)c2cnn(-c3ccc(F)cc3F)c2n1)C1COC1. The number of methoxy groups -OCH3 is 1. The molecule has 0 radical (unpaired) electrons. The molecule has 4 atom stereocenters. The standard InChI is InChI=1S/C44H49F3N12O4/c1-5-55(30-23-63-24-30)19-29-22-62-12-11-56(29)44-52-41(33-17-48-59(42(33)53-44)37-10-9-26(45)14-34(37)47)58-18-28-16-38(58)43(60)54(3)20-31(61-4)21-57-25(2)49-36-15-27(46)13-32(40(36)57)35-7-6-8-39(50-28)51-35/h6-10,13-15,17,28-31,38H,5,11-12,16,18-24H2,1-4H3,(H,50,51)/t28-,29?,31-,38-/m0/s1. The van der Waals surface area contributed by atoms with E-state index in [9.17, 15) is 9.18 Å². The van der Waals surface area contributed by atoms with Crippen molar-refractivity contribution in [1.82, 2.24) is 44.1 Å². The lowest BCUT2D eigenvalue weighted by molar-refractivity contribution is -0.132. The van der Waals surface area contributed by atoms with Crippen LogP contribution in [0, 0.1) is 24.4 Å². The molecule has 63 heavy (non-hydrogen) atoms. The Morgan fingerprint density at radius 2 is 1.81 bits per heavy atom. The molecule has 4 aliphatic rings. The van der Waals surface area contributed by atoms with E-state index >= 15 is 8.78 Å². The van der Waals surface area contributed by atoms with Crippen LogP contribution in [0.25, 0.3) is 39.0 Å². The number of nitrogens with one attached hydrogen (secondary N) is 1. The number of carbonyl (C=O) groups excluding carboxylic acids is 1. The Morgan fingerprint density at radius 3 is 2.59 bits per heavy atom. The number of nitrogens with zero attached hydrogens (tertiary/aromatic N) is 11. The Balaban J connectivity index is 1.09. The minimum absolute atomic E-state index is 0.0147. The largest absolute Gasteiger partial charge is 0.378 e. The number of rotatable bonds is 8. The first-order chi connectivity index (χ1) is 30.6. The van der Waals surface area contributed by atoms with E-state index in [1.54, 1.807) is 25.3 Å². The van der Waals surface area contributed by atoms with E-state index in [1.807, 2.05) is 34.6 Å². The summed E-state index contributed by atoms with van der Waals surface area (Å²) in [6.45, 7) is 9.04. The topological polar surface area (TPSA) is 144 Å². The van der Waals surface area contributed by atoms with Gasteiger partial charge < -0.3 is 38.8 Å². The van der Waals surface area contributed by atoms with Crippen LogP contribution in [0.2, 0.25) is 0 Å². The Kier molecular flexibility index (Phi) is 10.9. The highest BCUT2D eigenvalue weighted by Crippen LogP contribution is 2.37. The van der Waals surface area contributed by atoms with Gasteiger partial charge in [0.25, 0.3) is 0 Å². The highest BCUT2D eigenvalue weighted by molar-refractivity contribution is 5.94. The summed E-state index contributed by atoms with van der Waals surface area (Å²) in [6.07, 6.45) is 1.48. The summed E-state index contributed by atoms with van der Waals surface area (Å²) in [6, 6.07) is 10.9. The molecular weight excluding hydrogens is 818 g/mol. The van der Waals surface area contributed by atoms with Crippen LogP contribution in [-0.4, -0.2) is 154 Å². The fraction of sp³-hybridized carbons (Fsp3) is 0.455. The summed E-state index contributed by atoms with van der Waals surface area (Å²) in [7, 11) is 3.37. The summed E-state index contributed by atoms with van der Waals surface area (Å²) in [5, 5.41) is 8.67. The van der Waals surface area contributed by atoms with Gasteiger partial charge in [-0.15, -0.1) is 0 Å². The predicted octanol–water partition coefficient (Wildman–Crippen LogP) is 4.43. The number of aromatic nitrogens is 7. The third-order valence-corrected chi connectivity index (χ3v) is 12.8. The molecule has 1 unspecified atom stereocenters. The van der Waals surface area contributed by atoms with Gasteiger partial charge in [0, 0.05) is 64.1 Å². The summed E-state index contributed by atoms with van der Waals surface area (Å²) in [5.41, 5.74) is 2.68. The number of anilines is 3. The van der Waals surface area contributed by atoms with Gasteiger partial charge in [-0.1, -0.05) is 13.0 Å². The van der Waals surface area contributed by atoms with E-state index in [1.165, 1.54) is 28.9 Å². The number of ether oxygens (including phenoxy) is 3. The van der Waals surface area contributed by atoms with Crippen molar-refractivity contribution >= 4 is 45.6 Å². The van der Waals surface area contributed by atoms with Crippen molar-refractivity contribution in [2.24, 2.45) is 0 Å². The summed E-state index contributed by atoms with van der Waals surface area (Å²) < 4.78 is 65.9. The third-order valence-electron chi connectivity index (χ3n) is 12.8. The minimum atomic E-state index is -0.806. The van der Waals surface area contributed by atoms with Crippen molar-refractivity contribution in [3.8, 4) is 16.9 Å². The van der Waals surface area contributed by atoms with Gasteiger partial charge in [-0.2, -0.15) is 15.1 Å². The molecule has 0 aliphatic carbocycles. The first kappa shape index (κ1) is 41.1. The summed E-state index contributed by atoms with van der Waals surface area (Å²) >= 11 is 0. The highest BCUT2D eigenvalue weighted by atomic mass is 19.1. The maximum atomic E-state index is 15.6. The zero-order valence-corrected chi connectivity index (χ0v) is 35.5. The number of carbonyl (C=O) groups is 1. The van der Waals surface area contributed by atoms with Gasteiger partial charge in [-0.05, 0) is 50.2 Å².